The smallest absolute Gasteiger partial charge is 0.222 e. The van der Waals surface area contributed by atoms with E-state index in [0.29, 0.717) is 13.2 Å². The lowest BCUT2D eigenvalue weighted by atomic mass is 9.96. The first-order valence-electron chi connectivity index (χ1n) is 8.78. The zero-order valence-electron chi connectivity index (χ0n) is 16.2. The number of ether oxygens (including phenoxy) is 2. The van der Waals surface area contributed by atoms with E-state index in [1.54, 1.807) is 0 Å². The molecule has 0 amide bonds. The molecule has 4 nitrogen and oxygen atoms in total. The number of benzene rings is 2. The van der Waals surface area contributed by atoms with Gasteiger partial charge in [-0.1, -0.05) is 24.3 Å². The zero-order valence-corrected chi connectivity index (χ0v) is 16.2. The minimum Gasteiger partial charge on any atom is -0.378 e. The summed E-state index contributed by atoms with van der Waals surface area (Å²) in [6.07, 6.45) is 0. The Morgan fingerprint density at radius 3 is 1.20 bits per heavy atom. The van der Waals surface area contributed by atoms with Crippen LogP contribution in [0, 0.1) is 0 Å². The van der Waals surface area contributed by atoms with E-state index in [0.717, 1.165) is 22.5 Å². The predicted molar refractivity (Wildman–Crippen MR) is 106 cm³/mol. The molecule has 4 heteroatoms. The minimum absolute atomic E-state index is 0.560. The lowest BCUT2D eigenvalue weighted by Crippen LogP contribution is -2.35. The molecule has 0 unspecified atom stereocenters. The van der Waals surface area contributed by atoms with Gasteiger partial charge in [-0.05, 0) is 38.1 Å². The van der Waals surface area contributed by atoms with Crippen LogP contribution in [0.1, 0.15) is 25.0 Å². The summed E-state index contributed by atoms with van der Waals surface area (Å²) in [6, 6.07) is 16.7. The quantitative estimate of drug-likeness (QED) is 0.675. The standard InChI is InChI=1S/C21H30N2O2/c1-7-24-21(25-8-2,17-9-13-19(14-10-17)22(3)4)18-11-15-20(16-12-18)23(5)6/h9-16H,7-8H2,1-6H3. The van der Waals surface area contributed by atoms with Crippen LogP contribution < -0.4 is 9.80 Å². The fraction of sp³-hybridized carbons (Fsp3) is 0.429. The van der Waals surface area contributed by atoms with Crippen LogP contribution in [0.4, 0.5) is 11.4 Å². The Morgan fingerprint density at radius 2 is 0.960 bits per heavy atom. The second-order valence-electron chi connectivity index (χ2n) is 6.37. The Morgan fingerprint density at radius 1 is 0.640 bits per heavy atom. The van der Waals surface area contributed by atoms with Gasteiger partial charge in [0.05, 0.1) is 0 Å². The highest BCUT2D eigenvalue weighted by Gasteiger charge is 2.36. The monoisotopic (exact) mass is 342 g/mol. The van der Waals surface area contributed by atoms with Gasteiger partial charge in [0.2, 0.25) is 5.79 Å². The van der Waals surface area contributed by atoms with E-state index in [9.17, 15) is 0 Å². The molecule has 25 heavy (non-hydrogen) atoms. The van der Waals surface area contributed by atoms with Gasteiger partial charge in [-0.25, -0.2) is 0 Å². The molecule has 136 valence electrons. The van der Waals surface area contributed by atoms with Gasteiger partial charge in [-0.15, -0.1) is 0 Å². The van der Waals surface area contributed by atoms with Crippen LogP contribution in [0.15, 0.2) is 48.5 Å². The average molecular weight is 342 g/mol. The summed E-state index contributed by atoms with van der Waals surface area (Å²) in [7, 11) is 8.14. The summed E-state index contributed by atoms with van der Waals surface area (Å²) in [4.78, 5) is 4.16. The van der Waals surface area contributed by atoms with Crippen molar-refractivity contribution in [2.24, 2.45) is 0 Å². The van der Waals surface area contributed by atoms with E-state index in [2.05, 4.69) is 58.3 Å². The molecule has 0 N–H and O–H groups in total. The van der Waals surface area contributed by atoms with Crippen LogP contribution in [0.3, 0.4) is 0 Å². The molecule has 0 fully saturated rings. The van der Waals surface area contributed by atoms with Gasteiger partial charge >= 0.3 is 0 Å². The summed E-state index contributed by atoms with van der Waals surface area (Å²) >= 11 is 0. The van der Waals surface area contributed by atoms with E-state index < -0.39 is 5.79 Å². The summed E-state index contributed by atoms with van der Waals surface area (Å²) in [6.45, 7) is 5.11. The van der Waals surface area contributed by atoms with E-state index in [1.807, 2.05) is 42.0 Å². The topological polar surface area (TPSA) is 24.9 Å². The molecule has 2 rings (SSSR count). The highest BCUT2D eigenvalue weighted by molar-refractivity contribution is 5.51. The normalized spacial score (nSPS) is 11.4. The van der Waals surface area contributed by atoms with Gasteiger partial charge in [-0.2, -0.15) is 0 Å². The minimum atomic E-state index is -0.890. The molecular weight excluding hydrogens is 312 g/mol. The summed E-state index contributed by atoms with van der Waals surface area (Å²) in [5.74, 6) is -0.890. The lowest BCUT2D eigenvalue weighted by Gasteiger charge is -2.34. The molecule has 0 atom stereocenters. The summed E-state index contributed by atoms with van der Waals surface area (Å²) in [5.41, 5.74) is 4.29. The average Bonchev–Trinajstić information content (AvgIpc) is 2.61. The Balaban J connectivity index is 2.52. The Kier molecular flexibility index (Phi) is 6.45. The Labute approximate surface area is 152 Å². The Bertz CT molecular complexity index is 589. The van der Waals surface area contributed by atoms with Crippen LogP contribution in [0.25, 0.3) is 0 Å². The molecular formula is C21H30N2O2. The summed E-state index contributed by atoms with van der Waals surface area (Å²) < 4.78 is 12.4. The van der Waals surface area contributed by atoms with Crippen molar-refractivity contribution in [2.45, 2.75) is 19.6 Å². The SMILES string of the molecule is CCOC(OCC)(c1ccc(N(C)C)cc1)c1ccc(N(C)C)cc1. The number of anilines is 2. The molecule has 0 spiro atoms. The first-order chi connectivity index (χ1) is 11.9. The van der Waals surface area contributed by atoms with Gasteiger partial charge in [0.25, 0.3) is 0 Å². The van der Waals surface area contributed by atoms with Crippen LogP contribution in [0.2, 0.25) is 0 Å². The molecule has 0 bridgehead atoms. The molecule has 2 aromatic carbocycles. The van der Waals surface area contributed by atoms with E-state index >= 15 is 0 Å². The van der Waals surface area contributed by atoms with Gasteiger partial charge in [0.15, 0.2) is 0 Å². The second-order valence-corrected chi connectivity index (χ2v) is 6.37. The predicted octanol–water partition coefficient (Wildman–Crippen LogP) is 4.09. The van der Waals surface area contributed by atoms with Crippen LogP contribution in [-0.2, 0) is 15.3 Å². The fourth-order valence-corrected chi connectivity index (χ4v) is 2.91. The van der Waals surface area contributed by atoms with Crippen LogP contribution in [-0.4, -0.2) is 41.4 Å². The van der Waals surface area contributed by atoms with Crippen molar-refractivity contribution in [3.63, 3.8) is 0 Å². The van der Waals surface area contributed by atoms with Crippen molar-refractivity contribution in [2.75, 3.05) is 51.2 Å². The van der Waals surface area contributed by atoms with Gasteiger partial charge in [-0.3, -0.25) is 0 Å². The molecule has 0 aromatic heterocycles. The molecule has 2 aromatic rings. The molecule has 0 saturated heterocycles. The van der Waals surface area contributed by atoms with Crippen molar-refractivity contribution in [1.29, 1.82) is 0 Å². The van der Waals surface area contributed by atoms with Crippen molar-refractivity contribution < 1.29 is 9.47 Å². The van der Waals surface area contributed by atoms with E-state index in [-0.39, 0.29) is 0 Å². The number of rotatable bonds is 8. The maximum atomic E-state index is 6.19. The third-order valence-electron chi connectivity index (χ3n) is 4.22. The number of hydrogen-bond donors (Lipinski definition) is 0. The highest BCUT2D eigenvalue weighted by Crippen LogP contribution is 2.36. The van der Waals surface area contributed by atoms with Crippen molar-refractivity contribution in [3.05, 3.63) is 59.7 Å². The zero-order chi connectivity index (χ0) is 18.4. The maximum Gasteiger partial charge on any atom is 0.222 e. The van der Waals surface area contributed by atoms with Gasteiger partial charge in [0.1, 0.15) is 0 Å². The molecule has 0 aliphatic carbocycles. The first-order valence-corrected chi connectivity index (χ1v) is 8.78. The first kappa shape index (κ1) is 19.3. The number of hydrogen-bond acceptors (Lipinski definition) is 4. The second kappa shape index (κ2) is 8.37. The molecule has 0 radical (unpaired) electrons. The lowest BCUT2D eigenvalue weighted by molar-refractivity contribution is -0.213. The largest absolute Gasteiger partial charge is 0.378 e. The number of nitrogens with zero attached hydrogens (tertiary/aromatic N) is 2. The molecule has 0 aliphatic rings. The van der Waals surface area contributed by atoms with Crippen molar-refractivity contribution in [3.8, 4) is 0 Å². The van der Waals surface area contributed by atoms with Crippen molar-refractivity contribution >= 4 is 11.4 Å². The third-order valence-corrected chi connectivity index (χ3v) is 4.22. The summed E-state index contributed by atoms with van der Waals surface area (Å²) in [5, 5.41) is 0. The van der Waals surface area contributed by atoms with Gasteiger partial charge in [0, 0.05) is 63.9 Å². The maximum absolute atomic E-state index is 6.19. The van der Waals surface area contributed by atoms with Crippen LogP contribution in [0.5, 0.6) is 0 Å². The third kappa shape index (κ3) is 4.14. The van der Waals surface area contributed by atoms with Crippen molar-refractivity contribution in [1.82, 2.24) is 0 Å². The van der Waals surface area contributed by atoms with Gasteiger partial charge < -0.3 is 19.3 Å². The molecule has 0 saturated carbocycles. The fourth-order valence-electron chi connectivity index (χ4n) is 2.91. The molecule has 0 heterocycles. The highest BCUT2D eigenvalue weighted by atomic mass is 16.7. The van der Waals surface area contributed by atoms with E-state index in [4.69, 9.17) is 9.47 Å². The molecule has 0 aliphatic heterocycles. The van der Waals surface area contributed by atoms with Crippen LogP contribution >= 0.6 is 0 Å². The Hall–Kier alpha value is -2.04. The van der Waals surface area contributed by atoms with E-state index in [1.165, 1.54) is 0 Å².